The molecule has 7 nitrogen and oxygen atoms in total. The molecular formula is C20H27N5O2. The van der Waals surface area contributed by atoms with Crippen molar-refractivity contribution in [1.29, 1.82) is 0 Å². The molecule has 3 N–H and O–H groups in total. The third-order valence-corrected chi connectivity index (χ3v) is 5.42. The third-order valence-electron chi connectivity index (χ3n) is 5.42. The molecule has 0 unspecified atom stereocenters. The van der Waals surface area contributed by atoms with Crippen LogP contribution >= 0.6 is 0 Å². The van der Waals surface area contributed by atoms with E-state index in [2.05, 4.69) is 28.4 Å². The van der Waals surface area contributed by atoms with Crippen molar-refractivity contribution >= 4 is 11.8 Å². The molecule has 27 heavy (non-hydrogen) atoms. The lowest BCUT2D eigenvalue weighted by Crippen LogP contribution is -2.34. The molecule has 2 atom stereocenters. The Morgan fingerprint density at radius 1 is 1.22 bits per heavy atom. The highest BCUT2D eigenvalue weighted by Gasteiger charge is 2.35. The average Bonchev–Trinajstić information content (AvgIpc) is 3.06. The summed E-state index contributed by atoms with van der Waals surface area (Å²) < 4.78 is 1.79. The molecule has 1 aromatic carbocycles. The molecule has 0 aliphatic heterocycles. The zero-order valence-corrected chi connectivity index (χ0v) is 16.2. The van der Waals surface area contributed by atoms with Gasteiger partial charge in [0, 0.05) is 18.9 Å². The summed E-state index contributed by atoms with van der Waals surface area (Å²) in [5, 5.41) is 7.34. The van der Waals surface area contributed by atoms with Gasteiger partial charge in [-0.3, -0.25) is 9.59 Å². The van der Waals surface area contributed by atoms with Crippen molar-refractivity contribution in [2.45, 2.75) is 51.9 Å². The van der Waals surface area contributed by atoms with E-state index >= 15 is 0 Å². The Labute approximate surface area is 159 Å². The highest BCUT2D eigenvalue weighted by Crippen LogP contribution is 2.38. The first-order valence-electron chi connectivity index (χ1n) is 9.44. The van der Waals surface area contributed by atoms with Crippen LogP contribution in [-0.4, -0.2) is 33.6 Å². The van der Waals surface area contributed by atoms with Crippen LogP contribution in [-0.2, 0) is 16.0 Å². The van der Waals surface area contributed by atoms with Gasteiger partial charge >= 0.3 is 0 Å². The SMILES string of the molecule is CNC(=O)[C@@H]1CCCC[C@@H]1c1nc(CC(N)=O)nn1-c1ccc(C)c(C)c1. The van der Waals surface area contributed by atoms with Gasteiger partial charge in [0.05, 0.1) is 12.1 Å². The van der Waals surface area contributed by atoms with Gasteiger partial charge in [-0.25, -0.2) is 9.67 Å². The van der Waals surface area contributed by atoms with Crippen LogP contribution in [0.2, 0.25) is 0 Å². The van der Waals surface area contributed by atoms with E-state index in [0.717, 1.165) is 42.8 Å². The number of nitrogens with one attached hydrogen (secondary N) is 1. The smallest absolute Gasteiger partial charge is 0.225 e. The fourth-order valence-electron chi connectivity index (χ4n) is 3.83. The third kappa shape index (κ3) is 4.02. The van der Waals surface area contributed by atoms with E-state index < -0.39 is 5.91 Å². The molecule has 1 aliphatic rings. The van der Waals surface area contributed by atoms with Crippen LogP contribution in [0.3, 0.4) is 0 Å². The van der Waals surface area contributed by atoms with E-state index in [9.17, 15) is 9.59 Å². The van der Waals surface area contributed by atoms with Crippen LogP contribution in [0.25, 0.3) is 5.69 Å². The summed E-state index contributed by atoms with van der Waals surface area (Å²) in [5.41, 5.74) is 8.58. The maximum atomic E-state index is 12.4. The Kier molecular flexibility index (Phi) is 5.58. The Bertz CT molecular complexity index is 858. The number of hydrogen-bond donors (Lipinski definition) is 2. The first kappa shape index (κ1) is 19.1. The van der Waals surface area contributed by atoms with Crippen molar-refractivity contribution in [1.82, 2.24) is 20.1 Å². The average molecular weight is 369 g/mol. The summed E-state index contributed by atoms with van der Waals surface area (Å²) in [6.45, 7) is 4.11. The van der Waals surface area contributed by atoms with E-state index in [0.29, 0.717) is 5.82 Å². The summed E-state index contributed by atoms with van der Waals surface area (Å²) in [4.78, 5) is 28.5. The molecule has 1 aliphatic carbocycles. The minimum Gasteiger partial charge on any atom is -0.369 e. The van der Waals surface area contributed by atoms with Crippen LogP contribution in [0.4, 0.5) is 0 Å². The number of primary amides is 1. The topological polar surface area (TPSA) is 103 Å². The van der Waals surface area contributed by atoms with Crippen molar-refractivity contribution in [3.05, 3.63) is 41.0 Å². The predicted molar refractivity (Wildman–Crippen MR) is 102 cm³/mol. The Hall–Kier alpha value is -2.70. The number of rotatable bonds is 5. The molecule has 1 saturated carbocycles. The zero-order chi connectivity index (χ0) is 19.6. The normalized spacial score (nSPS) is 19.7. The fraction of sp³-hybridized carbons (Fsp3) is 0.500. The van der Waals surface area contributed by atoms with Gasteiger partial charge in [0.1, 0.15) is 5.82 Å². The van der Waals surface area contributed by atoms with Gasteiger partial charge in [-0.15, -0.1) is 0 Å². The Morgan fingerprint density at radius 2 is 1.96 bits per heavy atom. The molecule has 1 fully saturated rings. The lowest BCUT2D eigenvalue weighted by atomic mass is 9.78. The van der Waals surface area contributed by atoms with Crippen LogP contribution in [0.5, 0.6) is 0 Å². The van der Waals surface area contributed by atoms with Crippen LogP contribution in [0.15, 0.2) is 18.2 Å². The number of carbonyl (C=O) groups is 2. The lowest BCUT2D eigenvalue weighted by Gasteiger charge is -2.29. The number of nitrogens with two attached hydrogens (primary N) is 1. The van der Waals surface area contributed by atoms with E-state index in [-0.39, 0.29) is 24.2 Å². The molecule has 2 aromatic rings. The highest BCUT2D eigenvalue weighted by molar-refractivity contribution is 5.79. The monoisotopic (exact) mass is 369 g/mol. The number of carbonyl (C=O) groups excluding carboxylic acids is 2. The van der Waals surface area contributed by atoms with Crippen molar-refractivity contribution < 1.29 is 9.59 Å². The molecule has 144 valence electrons. The molecule has 1 heterocycles. The molecule has 0 saturated heterocycles. The molecule has 0 radical (unpaired) electrons. The lowest BCUT2D eigenvalue weighted by molar-refractivity contribution is -0.126. The summed E-state index contributed by atoms with van der Waals surface area (Å²) in [5.74, 6) is 0.532. The molecule has 7 heteroatoms. The van der Waals surface area contributed by atoms with Gasteiger partial charge in [0.15, 0.2) is 5.82 Å². The maximum Gasteiger partial charge on any atom is 0.225 e. The van der Waals surface area contributed by atoms with E-state index in [1.807, 2.05) is 19.1 Å². The largest absolute Gasteiger partial charge is 0.369 e. The van der Waals surface area contributed by atoms with Crippen molar-refractivity contribution in [2.24, 2.45) is 11.7 Å². The number of hydrogen-bond acceptors (Lipinski definition) is 4. The first-order valence-corrected chi connectivity index (χ1v) is 9.44. The molecule has 1 aromatic heterocycles. The van der Waals surface area contributed by atoms with Gasteiger partial charge in [-0.1, -0.05) is 18.9 Å². The highest BCUT2D eigenvalue weighted by atomic mass is 16.2. The minimum atomic E-state index is -0.467. The van der Waals surface area contributed by atoms with Crippen molar-refractivity contribution in [3.63, 3.8) is 0 Å². The van der Waals surface area contributed by atoms with Crippen LogP contribution in [0.1, 0.15) is 54.4 Å². The predicted octanol–water partition coefficient (Wildman–Crippen LogP) is 1.93. The molecule has 2 amide bonds. The number of aromatic nitrogens is 3. The van der Waals surface area contributed by atoms with E-state index in [1.165, 1.54) is 5.56 Å². The Balaban J connectivity index is 2.09. The summed E-state index contributed by atoms with van der Waals surface area (Å²) in [7, 11) is 1.67. The second kappa shape index (κ2) is 7.90. The summed E-state index contributed by atoms with van der Waals surface area (Å²) >= 11 is 0. The maximum absolute atomic E-state index is 12.4. The zero-order valence-electron chi connectivity index (χ0n) is 16.2. The first-order chi connectivity index (χ1) is 12.9. The number of aryl methyl sites for hydroxylation is 2. The standard InChI is InChI=1S/C20H27N5O2/c1-12-8-9-14(10-13(12)2)25-19(23-18(24-25)11-17(21)26)15-6-4-5-7-16(15)20(27)22-3/h8-10,15-16H,4-7,11H2,1-3H3,(H2,21,26)(H,22,27)/t15-,16+/m0/s1. The minimum absolute atomic E-state index is 0.0117. The van der Waals surface area contributed by atoms with E-state index in [1.54, 1.807) is 11.7 Å². The molecule has 0 bridgehead atoms. The molecule has 3 rings (SSSR count). The van der Waals surface area contributed by atoms with Gasteiger partial charge in [0.25, 0.3) is 0 Å². The fourth-order valence-corrected chi connectivity index (χ4v) is 3.83. The molecular weight excluding hydrogens is 342 g/mol. The van der Waals surface area contributed by atoms with Crippen LogP contribution < -0.4 is 11.1 Å². The number of amides is 2. The second-order valence-electron chi connectivity index (χ2n) is 7.32. The van der Waals surface area contributed by atoms with Crippen molar-refractivity contribution in [3.8, 4) is 5.69 Å². The summed E-state index contributed by atoms with van der Waals surface area (Å²) in [6.07, 6.45) is 3.76. The van der Waals surface area contributed by atoms with Gasteiger partial charge < -0.3 is 11.1 Å². The van der Waals surface area contributed by atoms with Gasteiger partial charge in [-0.05, 0) is 49.9 Å². The molecule has 0 spiro atoms. The Morgan fingerprint density at radius 3 is 2.63 bits per heavy atom. The number of nitrogens with zero attached hydrogens (tertiary/aromatic N) is 3. The second-order valence-corrected chi connectivity index (χ2v) is 7.32. The number of benzene rings is 1. The quantitative estimate of drug-likeness (QED) is 0.840. The van der Waals surface area contributed by atoms with Crippen LogP contribution in [0, 0.1) is 19.8 Å². The van der Waals surface area contributed by atoms with Gasteiger partial charge in [-0.2, -0.15) is 5.10 Å². The van der Waals surface area contributed by atoms with Crippen molar-refractivity contribution in [2.75, 3.05) is 7.05 Å². The van der Waals surface area contributed by atoms with Gasteiger partial charge in [0.2, 0.25) is 11.8 Å². The van der Waals surface area contributed by atoms with E-state index in [4.69, 9.17) is 5.73 Å². The summed E-state index contributed by atoms with van der Waals surface area (Å²) in [6, 6.07) is 6.09.